The number of carbonyl (C=O) groups is 1. The van der Waals surface area contributed by atoms with Gasteiger partial charge < -0.3 is 14.2 Å². The van der Waals surface area contributed by atoms with Crippen LogP contribution in [-0.2, 0) is 16.1 Å². The molecule has 0 bridgehead atoms. The van der Waals surface area contributed by atoms with Gasteiger partial charge in [-0.15, -0.1) is 0 Å². The summed E-state index contributed by atoms with van der Waals surface area (Å²) in [5, 5.41) is 0. The molecule has 1 fully saturated rings. The van der Waals surface area contributed by atoms with E-state index in [1.165, 1.54) is 0 Å². The summed E-state index contributed by atoms with van der Waals surface area (Å²) in [5.41, 5.74) is 1.05. The highest BCUT2D eigenvalue weighted by Gasteiger charge is 2.27. The van der Waals surface area contributed by atoms with Crippen LogP contribution < -0.4 is 0 Å². The average molecular weight is 299 g/mol. The lowest BCUT2D eigenvalue weighted by Gasteiger charge is -2.29. The summed E-state index contributed by atoms with van der Waals surface area (Å²) in [4.78, 5) is 17.7. The Morgan fingerprint density at radius 2 is 2.27 bits per heavy atom. The fourth-order valence-corrected chi connectivity index (χ4v) is 2.91. The molecule has 1 saturated heterocycles. The number of para-hydroxylation sites is 1. The second kappa shape index (κ2) is 6.75. The number of ether oxygens (including phenoxy) is 1. The van der Waals surface area contributed by atoms with Crippen LogP contribution in [0.25, 0.3) is 5.69 Å². The van der Waals surface area contributed by atoms with Gasteiger partial charge in [0.05, 0.1) is 18.7 Å². The Morgan fingerprint density at radius 1 is 1.45 bits per heavy atom. The van der Waals surface area contributed by atoms with E-state index in [0.717, 1.165) is 37.4 Å². The Kier molecular flexibility index (Phi) is 4.53. The highest BCUT2D eigenvalue weighted by molar-refractivity contribution is 5.48. The number of nitrogens with zero attached hydrogens (tertiary/aromatic N) is 3. The lowest BCUT2D eigenvalue weighted by molar-refractivity contribution is -0.123. The zero-order chi connectivity index (χ0) is 15.4. The number of rotatable bonds is 6. The van der Waals surface area contributed by atoms with Crippen molar-refractivity contribution < 1.29 is 9.53 Å². The molecule has 1 amide bonds. The van der Waals surface area contributed by atoms with Crippen LogP contribution in [0.4, 0.5) is 0 Å². The third-order valence-electron chi connectivity index (χ3n) is 4.24. The Balaban J connectivity index is 1.77. The summed E-state index contributed by atoms with van der Waals surface area (Å²) in [5.74, 6) is 0.850. The summed E-state index contributed by atoms with van der Waals surface area (Å²) < 4.78 is 7.72. The van der Waals surface area contributed by atoms with E-state index >= 15 is 0 Å². The van der Waals surface area contributed by atoms with E-state index in [2.05, 4.69) is 4.98 Å². The SMILES string of the molecule is CC(C1CCCO1)N(C=O)Cc1nccn1-c1ccccc1. The van der Waals surface area contributed by atoms with Crippen LogP contribution in [0.3, 0.4) is 0 Å². The van der Waals surface area contributed by atoms with Gasteiger partial charge in [0.25, 0.3) is 0 Å². The van der Waals surface area contributed by atoms with Crippen LogP contribution in [0.15, 0.2) is 42.7 Å². The number of hydrogen-bond donors (Lipinski definition) is 0. The fourth-order valence-electron chi connectivity index (χ4n) is 2.91. The van der Waals surface area contributed by atoms with E-state index < -0.39 is 0 Å². The van der Waals surface area contributed by atoms with Crippen LogP contribution in [-0.4, -0.2) is 39.6 Å². The second-order valence-corrected chi connectivity index (χ2v) is 5.62. The third kappa shape index (κ3) is 3.04. The van der Waals surface area contributed by atoms with Crippen molar-refractivity contribution in [2.75, 3.05) is 6.61 Å². The summed E-state index contributed by atoms with van der Waals surface area (Å²) in [6.45, 7) is 3.31. The zero-order valence-electron chi connectivity index (χ0n) is 12.8. The first-order valence-corrected chi connectivity index (χ1v) is 7.70. The topological polar surface area (TPSA) is 47.4 Å². The van der Waals surface area contributed by atoms with E-state index in [9.17, 15) is 4.79 Å². The van der Waals surface area contributed by atoms with Crippen LogP contribution >= 0.6 is 0 Å². The maximum atomic E-state index is 11.5. The highest BCUT2D eigenvalue weighted by Crippen LogP contribution is 2.20. The molecule has 2 unspecified atom stereocenters. The molecule has 1 aliphatic heterocycles. The first-order valence-electron chi connectivity index (χ1n) is 7.70. The molecule has 5 nitrogen and oxygen atoms in total. The number of aromatic nitrogens is 2. The van der Waals surface area contributed by atoms with Gasteiger partial charge in [0.2, 0.25) is 6.41 Å². The number of hydrogen-bond acceptors (Lipinski definition) is 3. The lowest BCUT2D eigenvalue weighted by Crippen LogP contribution is -2.40. The molecule has 1 aromatic carbocycles. The summed E-state index contributed by atoms with van der Waals surface area (Å²) in [6.07, 6.45) is 6.80. The molecule has 1 aromatic heterocycles. The number of benzene rings is 1. The van der Waals surface area contributed by atoms with Gasteiger partial charge in [-0.3, -0.25) is 4.79 Å². The van der Waals surface area contributed by atoms with Crippen LogP contribution in [0.1, 0.15) is 25.6 Å². The zero-order valence-corrected chi connectivity index (χ0v) is 12.8. The molecule has 5 heteroatoms. The van der Waals surface area contributed by atoms with Crippen molar-refractivity contribution in [1.29, 1.82) is 0 Å². The minimum absolute atomic E-state index is 0.0564. The third-order valence-corrected chi connectivity index (χ3v) is 4.24. The number of amides is 1. The first kappa shape index (κ1) is 14.8. The van der Waals surface area contributed by atoms with Crippen molar-refractivity contribution in [1.82, 2.24) is 14.5 Å². The number of carbonyl (C=O) groups excluding carboxylic acids is 1. The van der Waals surface area contributed by atoms with Gasteiger partial charge in [0, 0.05) is 24.7 Å². The molecule has 0 radical (unpaired) electrons. The van der Waals surface area contributed by atoms with E-state index in [1.807, 2.05) is 48.0 Å². The molecular weight excluding hydrogens is 278 g/mol. The van der Waals surface area contributed by atoms with Gasteiger partial charge in [-0.05, 0) is 31.9 Å². The van der Waals surface area contributed by atoms with E-state index in [1.54, 1.807) is 11.1 Å². The van der Waals surface area contributed by atoms with Gasteiger partial charge in [0.15, 0.2) is 0 Å². The molecule has 0 saturated carbocycles. The summed E-state index contributed by atoms with van der Waals surface area (Å²) in [7, 11) is 0. The van der Waals surface area contributed by atoms with E-state index in [0.29, 0.717) is 6.54 Å². The Morgan fingerprint density at radius 3 is 2.95 bits per heavy atom. The van der Waals surface area contributed by atoms with E-state index in [-0.39, 0.29) is 12.1 Å². The van der Waals surface area contributed by atoms with Crippen LogP contribution in [0.2, 0.25) is 0 Å². The summed E-state index contributed by atoms with van der Waals surface area (Å²) >= 11 is 0. The van der Waals surface area contributed by atoms with Gasteiger partial charge in [-0.2, -0.15) is 0 Å². The Hall–Kier alpha value is -2.14. The molecular formula is C17H21N3O2. The molecule has 0 N–H and O–H groups in total. The van der Waals surface area contributed by atoms with Crippen molar-refractivity contribution in [2.24, 2.45) is 0 Å². The number of imidazole rings is 1. The monoisotopic (exact) mass is 299 g/mol. The molecule has 1 aliphatic rings. The predicted molar refractivity (Wildman–Crippen MR) is 83.6 cm³/mol. The second-order valence-electron chi connectivity index (χ2n) is 5.62. The highest BCUT2D eigenvalue weighted by atomic mass is 16.5. The fraction of sp³-hybridized carbons (Fsp3) is 0.412. The molecule has 3 rings (SSSR count). The molecule has 2 heterocycles. The van der Waals surface area contributed by atoms with Crippen molar-refractivity contribution in [2.45, 2.75) is 38.5 Å². The quantitative estimate of drug-likeness (QED) is 0.770. The van der Waals surface area contributed by atoms with Crippen molar-refractivity contribution >= 4 is 6.41 Å². The molecule has 116 valence electrons. The van der Waals surface area contributed by atoms with Crippen LogP contribution in [0.5, 0.6) is 0 Å². The van der Waals surface area contributed by atoms with E-state index in [4.69, 9.17) is 4.74 Å². The normalized spacial score (nSPS) is 19.0. The molecule has 0 spiro atoms. The summed E-state index contributed by atoms with van der Waals surface area (Å²) in [6, 6.07) is 10.1. The van der Waals surface area contributed by atoms with Gasteiger partial charge in [-0.25, -0.2) is 4.98 Å². The average Bonchev–Trinajstić information content (AvgIpc) is 3.24. The Bertz CT molecular complexity index is 605. The maximum Gasteiger partial charge on any atom is 0.210 e. The minimum atomic E-state index is 0.0564. The van der Waals surface area contributed by atoms with Crippen molar-refractivity contribution in [3.05, 3.63) is 48.5 Å². The van der Waals surface area contributed by atoms with Crippen LogP contribution in [0, 0.1) is 0 Å². The van der Waals surface area contributed by atoms with Crippen molar-refractivity contribution in [3.8, 4) is 5.69 Å². The standard InChI is InChI=1S/C17H21N3O2/c1-14(16-8-5-11-22-16)19(13-21)12-17-18-9-10-20(17)15-6-3-2-4-7-15/h2-4,6-7,9-10,13-14,16H,5,8,11-12H2,1H3. The van der Waals surface area contributed by atoms with Gasteiger partial charge in [0.1, 0.15) is 5.82 Å². The lowest BCUT2D eigenvalue weighted by atomic mass is 10.1. The van der Waals surface area contributed by atoms with Gasteiger partial charge in [-0.1, -0.05) is 18.2 Å². The Labute approximate surface area is 130 Å². The molecule has 0 aliphatic carbocycles. The molecule has 2 aromatic rings. The largest absolute Gasteiger partial charge is 0.376 e. The maximum absolute atomic E-state index is 11.5. The minimum Gasteiger partial charge on any atom is -0.376 e. The molecule has 2 atom stereocenters. The molecule has 22 heavy (non-hydrogen) atoms. The smallest absolute Gasteiger partial charge is 0.210 e. The predicted octanol–water partition coefficient (Wildman–Crippen LogP) is 2.40. The first-order chi connectivity index (χ1) is 10.8. The van der Waals surface area contributed by atoms with Gasteiger partial charge >= 0.3 is 0 Å². The van der Waals surface area contributed by atoms with Crippen molar-refractivity contribution in [3.63, 3.8) is 0 Å².